The average molecular weight is 307 g/mol. The highest BCUT2D eigenvalue weighted by Gasteiger charge is 2.30. The summed E-state index contributed by atoms with van der Waals surface area (Å²) in [5.41, 5.74) is -0.358. The molecule has 0 radical (unpaired) electrons. The Hall–Kier alpha value is -1.18. The Morgan fingerprint density at radius 2 is 2.05 bits per heavy atom. The zero-order valence-corrected chi connectivity index (χ0v) is 11.6. The Morgan fingerprint density at radius 3 is 2.58 bits per heavy atom. The standard InChI is InChI=1S/C11H12ClFN2O3S/c1-14-11(16)7-4-10(8(12)5-9(7)13)19(17,18)15-6-2-3-6/h4-6,15H,2-3H2,1H3,(H,14,16). The van der Waals surface area contributed by atoms with Gasteiger partial charge in [-0.15, -0.1) is 0 Å². The number of halogens is 2. The van der Waals surface area contributed by atoms with Gasteiger partial charge in [0.25, 0.3) is 5.91 Å². The lowest BCUT2D eigenvalue weighted by atomic mass is 10.2. The Balaban J connectivity index is 2.47. The number of hydrogen-bond donors (Lipinski definition) is 2. The monoisotopic (exact) mass is 306 g/mol. The number of hydrogen-bond acceptors (Lipinski definition) is 3. The van der Waals surface area contributed by atoms with Crippen molar-refractivity contribution >= 4 is 27.5 Å². The molecule has 1 aliphatic rings. The van der Waals surface area contributed by atoms with E-state index in [4.69, 9.17) is 11.6 Å². The smallest absolute Gasteiger partial charge is 0.254 e. The summed E-state index contributed by atoms with van der Waals surface area (Å²) in [6, 6.07) is 1.67. The first kappa shape index (κ1) is 14.2. The van der Waals surface area contributed by atoms with Gasteiger partial charge in [-0.05, 0) is 25.0 Å². The Kier molecular flexibility index (Phi) is 3.80. The van der Waals surface area contributed by atoms with Crippen molar-refractivity contribution in [3.05, 3.63) is 28.5 Å². The normalized spacial score (nSPS) is 15.3. The molecule has 0 aliphatic heterocycles. The molecule has 0 aromatic heterocycles. The summed E-state index contributed by atoms with van der Waals surface area (Å²) in [6.45, 7) is 0. The van der Waals surface area contributed by atoms with Gasteiger partial charge in [-0.1, -0.05) is 11.6 Å². The van der Waals surface area contributed by atoms with Crippen molar-refractivity contribution in [1.29, 1.82) is 0 Å². The summed E-state index contributed by atoms with van der Waals surface area (Å²) in [7, 11) is -2.51. The van der Waals surface area contributed by atoms with Gasteiger partial charge in [-0.25, -0.2) is 17.5 Å². The summed E-state index contributed by atoms with van der Waals surface area (Å²) >= 11 is 5.75. The molecule has 0 spiro atoms. The molecule has 1 aromatic carbocycles. The zero-order valence-electron chi connectivity index (χ0n) is 10.0. The lowest BCUT2D eigenvalue weighted by Gasteiger charge is -2.10. The second-order valence-electron chi connectivity index (χ2n) is 4.24. The van der Waals surface area contributed by atoms with Crippen molar-refractivity contribution in [3.8, 4) is 0 Å². The van der Waals surface area contributed by atoms with Gasteiger partial charge in [0.1, 0.15) is 10.7 Å². The first-order chi connectivity index (χ1) is 8.85. The second kappa shape index (κ2) is 5.07. The summed E-state index contributed by atoms with van der Waals surface area (Å²) in [5, 5.41) is 1.98. The highest BCUT2D eigenvalue weighted by molar-refractivity contribution is 7.89. The van der Waals surface area contributed by atoms with Crippen LogP contribution in [0.5, 0.6) is 0 Å². The fourth-order valence-electron chi connectivity index (χ4n) is 1.53. The third kappa shape index (κ3) is 3.05. The third-order valence-electron chi connectivity index (χ3n) is 2.68. The van der Waals surface area contributed by atoms with E-state index in [1.54, 1.807) is 0 Å². The molecular weight excluding hydrogens is 295 g/mol. The van der Waals surface area contributed by atoms with Crippen LogP contribution in [0.25, 0.3) is 0 Å². The fourth-order valence-corrected chi connectivity index (χ4v) is 3.37. The summed E-state index contributed by atoms with van der Waals surface area (Å²) < 4.78 is 40.1. The van der Waals surface area contributed by atoms with Crippen LogP contribution in [-0.4, -0.2) is 27.4 Å². The van der Waals surface area contributed by atoms with Gasteiger partial charge in [-0.3, -0.25) is 4.79 Å². The quantitative estimate of drug-likeness (QED) is 0.880. The molecule has 0 saturated heterocycles. The summed E-state index contributed by atoms with van der Waals surface area (Å²) in [4.78, 5) is 11.2. The van der Waals surface area contributed by atoms with Crippen LogP contribution in [0.4, 0.5) is 4.39 Å². The molecule has 1 aliphatic carbocycles. The Labute approximate surface area is 115 Å². The number of carbonyl (C=O) groups excluding carboxylic acids is 1. The number of carbonyl (C=O) groups is 1. The topological polar surface area (TPSA) is 75.3 Å². The van der Waals surface area contributed by atoms with Crippen molar-refractivity contribution in [3.63, 3.8) is 0 Å². The first-order valence-corrected chi connectivity index (χ1v) is 7.44. The van der Waals surface area contributed by atoms with Gasteiger partial charge < -0.3 is 5.32 Å². The molecule has 0 heterocycles. The molecule has 0 bridgehead atoms. The highest BCUT2D eigenvalue weighted by Crippen LogP contribution is 2.28. The molecule has 1 aromatic rings. The molecule has 1 fully saturated rings. The van der Waals surface area contributed by atoms with Crippen LogP contribution in [0, 0.1) is 5.82 Å². The zero-order chi connectivity index (χ0) is 14.2. The van der Waals surface area contributed by atoms with Gasteiger partial charge >= 0.3 is 0 Å². The van der Waals surface area contributed by atoms with Crippen molar-refractivity contribution in [1.82, 2.24) is 10.0 Å². The van der Waals surface area contributed by atoms with Gasteiger partial charge in [0.05, 0.1) is 10.6 Å². The number of rotatable bonds is 4. The molecule has 8 heteroatoms. The van der Waals surface area contributed by atoms with Crippen molar-refractivity contribution in [2.24, 2.45) is 0 Å². The van der Waals surface area contributed by atoms with Gasteiger partial charge in [0.15, 0.2) is 0 Å². The SMILES string of the molecule is CNC(=O)c1cc(S(=O)(=O)NC2CC2)c(Cl)cc1F. The van der Waals surface area contributed by atoms with Crippen LogP contribution < -0.4 is 10.0 Å². The molecule has 0 unspecified atom stereocenters. The minimum atomic E-state index is -3.84. The summed E-state index contributed by atoms with van der Waals surface area (Å²) in [6.07, 6.45) is 1.53. The molecule has 2 N–H and O–H groups in total. The highest BCUT2D eigenvalue weighted by atomic mass is 35.5. The van der Waals surface area contributed by atoms with E-state index in [1.807, 2.05) is 0 Å². The summed E-state index contributed by atoms with van der Waals surface area (Å²) in [5.74, 6) is -1.58. The Bertz CT molecular complexity index is 629. The van der Waals surface area contributed by atoms with Crippen LogP contribution in [0.2, 0.25) is 5.02 Å². The Morgan fingerprint density at radius 1 is 1.42 bits per heavy atom. The number of amides is 1. The average Bonchev–Trinajstić information content (AvgIpc) is 3.11. The van der Waals surface area contributed by atoms with E-state index in [2.05, 4.69) is 10.0 Å². The third-order valence-corrected chi connectivity index (χ3v) is 4.67. The van der Waals surface area contributed by atoms with Crippen molar-refractivity contribution in [2.45, 2.75) is 23.8 Å². The van der Waals surface area contributed by atoms with E-state index >= 15 is 0 Å². The predicted octanol–water partition coefficient (Wildman–Crippen LogP) is 1.28. The number of sulfonamides is 1. The molecule has 2 rings (SSSR count). The molecular formula is C11H12ClFN2O3S. The van der Waals surface area contributed by atoms with E-state index in [1.165, 1.54) is 7.05 Å². The van der Waals surface area contributed by atoms with E-state index < -0.39 is 21.7 Å². The predicted molar refractivity (Wildman–Crippen MR) is 68.1 cm³/mol. The van der Waals surface area contributed by atoms with Crippen LogP contribution >= 0.6 is 11.6 Å². The minimum Gasteiger partial charge on any atom is -0.355 e. The van der Waals surface area contributed by atoms with E-state index in [0.29, 0.717) is 0 Å². The van der Waals surface area contributed by atoms with Crippen LogP contribution in [0.15, 0.2) is 17.0 Å². The largest absolute Gasteiger partial charge is 0.355 e. The second-order valence-corrected chi connectivity index (χ2v) is 6.33. The lowest BCUT2D eigenvalue weighted by Crippen LogP contribution is -2.27. The minimum absolute atomic E-state index is 0.102. The van der Waals surface area contributed by atoms with Crippen molar-refractivity contribution < 1.29 is 17.6 Å². The maximum Gasteiger partial charge on any atom is 0.254 e. The van der Waals surface area contributed by atoms with Crippen LogP contribution in [-0.2, 0) is 10.0 Å². The van der Waals surface area contributed by atoms with Crippen molar-refractivity contribution in [2.75, 3.05) is 7.05 Å². The number of nitrogens with one attached hydrogen (secondary N) is 2. The van der Waals surface area contributed by atoms with Gasteiger partial charge in [0, 0.05) is 13.1 Å². The molecule has 0 atom stereocenters. The first-order valence-electron chi connectivity index (χ1n) is 5.58. The molecule has 5 nitrogen and oxygen atoms in total. The van der Waals surface area contributed by atoms with Gasteiger partial charge in [-0.2, -0.15) is 0 Å². The van der Waals surface area contributed by atoms with E-state index in [9.17, 15) is 17.6 Å². The lowest BCUT2D eigenvalue weighted by molar-refractivity contribution is 0.0959. The maximum absolute atomic E-state index is 13.6. The van der Waals surface area contributed by atoms with E-state index in [-0.39, 0.29) is 21.5 Å². The van der Waals surface area contributed by atoms with Crippen LogP contribution in [0.1, 0.15) is 23.2 Å². The fraction of sp³-hybridized carbons (Fsp3) is 0.364. The molecule has 1 saturated carbocycles. The van der Waals surface area contributed by atoms with Gasteiger partial charge in [0.2, 0.25) is 10.0 Å². The number of benzene rings is 1. The maximum atomic E-state index is 13.6. The van der Waals surface area contributed by atoms with Crippen LogP contribution in [0.3, 0.4) is 0 Å². The molecule has 1 amide bonds. The van der Waals surface area contributed by atoms with E-state index in [0.717, 1.165) is 25.0 Å². The molecule has 104 valence electrons. The molecule has 19 heavy (non-hydrogen) atoms.